The fraction of sp³-hybridized carbons (Fsp3) is 1.00. The van der Waals surface area contributed by atoms with Crippen LogP contribution in [0.25, 0.3) is 0 Å². The molecule has 0 aromatic carbocycles. The van der Waals surface area contributed by atoms with Crippen molar-refractivity contribution in [2.24, 2.45) is 11.8 Å². The first-order chi connectivity index (χ1) is 7.63. The molecule has 17 heavy (non-hydrogen) atoms. The minimum Gasteiger partial charge on any atom is -0.260 e. The van der Waals surface area contributed by atoms with Crippen LogP contribution in [0.2, 0.25) is 0 Å². The van der Waals surface area contributed by atoms with Gasteiger partial charge in [0.1, 0.15) is 0 Å². The third-order valence-electron chi connectivity index (χ3n) is 2.71. The molecular formula is C10H17F3O3S. The van der Waals surface area contributed by atoms with Crippen LogP contribution in [0.4, 0.5) is 13.2 Å². The van der Waals surface area contributed by atoms with Crippen LogP contribution in [0.3, 0.4) is 0 Å². The van der Waals surface area contributed by atoms with Crippen molar-refractivity contribution in [3.05, 3.63) is 0 Å². The Kier molecular flexibility index (Phi) is 4.46. The second-order valence-electron chi connectivity index (χ2n) is 4.84. The van der Waals surface area contributed by atoms with Gasteiger partial charge in [-0.25, -0.2) is 0 Å². The maximum atomic E-state index is 12.2. The van der Waals surface area contributed by atoms with Crippen LogP contribution in [0, 0.1) is 11.8 Å². The Morgan fingerprint density at radius 3 is 2.12 bits per heavy atom. The second kappa shape index (κ2) is 5.14. The van der Waals surface area contributed by atoms with Crippen molar-refractivity contribution in [1.82, 2.24) is 0 Å². The Bertz CT molecular complexity index is 344. The molecule has 0 saturated heterocycles. The Morgan fingerprint density at radius 1 is 1.24 bits per heavy atom. The fourth-order valence-corrected chi connectivity index (χ4v) is 2.23. The van der Waals surface area contributed by atoms with Crippen LogP contribution in [0.15, 0.2) is 0 Å². The maximum Gasteiger partial charge on any atom is 0.523 e. The van der Waals surface area contributed by atoms with Gasteiger partial charge in [0, 0.05) is 0 Å². The van der Waals surface area contributed by atoms with E-state index in [0.717, 1.165) is 12.8 Å². The molecule has 3 nitrogen and oxygen atoms in total. The van der Waals surface area contributed by atoms with Crippen LogP contribution < -0.4 is 0 Å². The number of hydrogen-bond donors (Lipinski definition) is 0. The summed E-state index contributed by atoms with van der Waals surface area (Å²) in [5, 5.41) is 0. The van der Waals surface area contributed by atoms with Gasteiger partial charge < -0.3 is 0 Å². The molecule has 0 amide bonds. The normalized spacial score (nSPS) is 19.6. The van der Waals surface area contributed by atoms with Gasteiger partial charge in [-0.2, -0.15) is 21.6 Å². The summed E-state index contributed by atoms with van der Waals surface area (Å²) in [6.07, 6.45) is 1.70. The topological polar surface area (TPSA) is 43.4 Å². The lowest BCUT2D eigenvalue weighted by molar-refractivity contribution is -0.0585. The minimum atomic E-state index is -5.45. The summed E-state index contributed by atoms with van der Waals surface area (Å²) in [6.45, 7) is 3.87. The summed E-state index contributed by atoms with van der Waals surface area (Å²) in [5.74, 6) is 0.277. The van der Waals surface area contributed by atoms with Gasteiger partial charge in [0.2, 0.25) is 0 Å². The highest BCUT2D eigenvalue weighted by Crippen LogP contribution is 2.39. The van der Waals surface area contributed by atoms with E-state index in [9.17, 15) is 21.6 Å². The zero-order chi connectivity index (χ0) is 13.3. The Hall–Kier alpha value is -0.300. The first-order valence-electron chi connectivity index (χ1n) is 5.63. The van der Waals surface area contributed by atoms with Crippen molar-refractivity contribution in [2.75, 3.05) is 0 Å². The highest BCUT2D eigenvalue weighted by atomic mass is 32.2. The monoisotopic (exact) mass is 274 g/mol. The minimum absolute atomic E-state index is 0.0362. The Labute approximate surface area is 99.5 Å². The van der Waals surface area contributed by atoms with Crippen molar-refractivity contribution < 1.29 is 25.8 Å². The average molecular weight is 274 g/mol. The molecule has 0 aromatic heterocycles. The van der Waals surface area contributed by atoms with Gasteiger partial charge in [0.15, 0.2) is 0 Å². The van der Waals surface area contributed by atoms with E-state index < -0.39 is 21.7 Å². The van der Waals surface area contributed by atoms with Gasteiger partial charge >= 0.3 is 15.6 Å². The Balaban J connectivity index is 2.61. The van der Waals surface area contributed by atoms with Crippen molar-refractivity contribution in [2.45, 2.75) is 51.1 Å². The van der Waals surface area contributed by atoms with Crippen molar-refractivity contribution in [3.8, 4) is 0 Å². The molecule has 1 unspecified atom stereocenters. The molecule has 1 fully saturated rings. The van der Waals surface area contributed by atoms with Gasteiger partial charge in [-0.15, -0.1) is 0 Å². The number of hydrogen-bond acceptors (Lipinski definition) is 3. The summed E-state index contributed by atoms with van der Waals surface area (Å²) in [6, 6.07) is 0. The smallest absolute Gasteiger partial charge is 0.260 e. The van der Waals surface area contributed by atoms with E-state index in [4.69, 9.17) is 0 Å². The second-order valence-corrected chi connectivity index (χ2v) is 6.41. The van der Waals surface area contributed by atoms with E-state index >= 15 is 0 Å². The van der Waals surface area contributed by atoms with Crippen molar-refractivity contribution >= 4 is 10.1 Å². The molecule has 0 N–H and O–H groups in total. The lowest BCUT2D eigenvalue weighted by atomic mass is 10.0. The molecule has 1 saturated carbocycles. The van der Waals surface area contributed by atoms with Crippen molar-refractivity contribution in [1.29, 1.82) is 0 Å². The molecule has 1 rings (SSSR count). The zero-order valence-corrected chi connectivity index (χ0v) is 10.6. The van der Waals surface area contributed by atoms with Gasteiger partial charge in [-0.05, 0) is 37.5 Å². The Morgan fingerprint density at radius 2 is 1.76 bits per heavy atom. The van der Waals surface area contributed by atoms with Gasteiger partial charge in [0.25, 0.3) is 0 Å². The summed E-state index contributed by atoms with van der Waals surface area (Å²) in [5.41, 5.74) is -5.32. The van der Waals surface area contributed by atoms with Gasteiger partial charge in [0.05, 0.1) is 6.10 Å². The predicted molar refractivity (Wildman–Crippen MR) is 56.6 cm³/mol. The van der Waals surface area contributed by atoms with Crippen LogP contribution in [0.5, 0.6) is 0 Å². The van der Waals surface area contributed by atoms with Crippen LogP contribution >= 0.6 is 0 Å². The van der Waals surface area contributed by atoms with E-state index in [1.54, 1.807) is 0 Å². The lowest BCUT2D eigenvalue weighted by Crippen LogP contribution is -2.31. The van der Waals surface area contributed by atoms with E-state index in [1.807, 2.05) is 13.8 Å². The molecular weight excluding hydrogens is 257 g/mol. The average Bonchev–Trinajstić information content (AvgIpc) is 2.92. The van der Waals surface area contributed by atoms with E-state index in [2.05, 4.69) is 4.18 Å². The van der Waals surface area contributed by atoms with E-state index in [-0.39, 0.29) is 5.92 Å². The standard InChI is InChI=1S/C10H17F3O3S/c1-7(2)3-6-9(8-4-5-8)16-17(14,15)10(11,12)13/h7-9H,3-6H2,1-2H3. The predicted octanol–water partition coefficient (Wildman–Crippen LogP) is 3.07. The molecule has 7 heteroatoms. The van der Waals surface area contributed by atoms with Gasteiger partial charge in [-0.1, -0.05) is 13.8 Å². The van der Waals surface area contributed by atoms with Crippen LogP contribution in [-0.4, -0.2) is 20.0 Å². The third kappa shape index (κ3) is 4.46. The molecule has 0 aliphatic heterocycles. The van der Waals surface area contributed by atoms with E-state index in [1.165, 1.54) is 0 Å². The highest BCUT2D eigenvalue weighted by Gasteiger charge is 2.50. The molecule has 1 aliphatic carbocycles. The van der Waals surface area contributed by atoms with E-state index in [0.29, 0.717) is 18.8 Å². The summed E-state index contributed by atoms with van der Waals surface area (Å²) in [4.78, 5) is 0. The van der Waals surface area contributed by atoms with Crippen LogP contribution in [-0.2, 0) is 14.3 Å². The molecule has 0 heterocycles. The summed E-state index contributed by atoms with van der Waals surface area (Å²) >= 11 is 0. The molecule has 1 atom stereocenters. The number of rotatable bonds is 6. The number of alkyl halides is 3. The van der Waals surface area contributed by atoms with Crippen LogP contribution in [0.1, 0.15) is 39.5 Å². The molecule has 0 spiro atoms. The molecule has 0 bridgehead atoms. The maximum absolute atomic E-state index is 12.2. The molecule has 0 radical (unpaired) electrons. The third-order valence-corrected chi connectivity index (χ3v) is 3.78. The first-order valence-corrected chi connectivity index (χ1v) is 7.04. The highest BCUT2D eigenvalue weighted by molar-refractivity contribution is 7.87. The quantitative estimate of drug-likeness (QED) is 0.552. The van der Waals surface area contributed by atoms with Crippen molar-refractivity contribution in [3.63, 3.8) is 0 Å². The molecule has 1 aliphatic rings. The number of halogens is 3. The van der Waals surface area contributed by atoms with Gasteiger partial charge in [-0.3, -0.25) is 4.18 Å². The largest absolute Gasteiger partial charge is 0.523 e. The first kappa shape index (κ1) is 14.8. The molecule has 102 valence electrons. The SMILES string of the molecule is CC(C)CCC(OS(=O)(=O)C(F)(F)F)C1CC1. The summed E-state index contributed by atoms with van der Waals surface area (Å²) in [7, 11) is -5.45. The zero-order valence-electron chi connectivity index (χ0n) is 9.83. The lowest BCUT2D eigenvalue weighted by Gasteiger charge is -2.18. The fourth-order valence-electron chi connectivity index (χ4n) is 1.55. The summed E-state index contributed by atoms with van der Waals surface area (Å²) < 4.78 is 62.6. The molecule has 0 aromatic rings.